The van der Waals surface area contributed by atoms with E-state index in [0.29, 0.717) is 46.6 Å². The van der Waals surface area contributed by atoms with Gasteiger partial charge in [-0.05, 0) is 29.2 Å². The molecule has 2 aromatic carbocycles. The molecule has 2 aromatic heterocycles. The van der Waals surface area contributed by atoms with Gasteiger partial charge in [-0.2, -0.15) is 5.26 Å². The van der Waals surface area contributed by atoms with Crippen LogP contribution in [0.4, 0.5) is 0 Å². The number of nitriles is 1. The topological polar surface area (TPSA) is 80.3 Å². The van der Waals surface area contributed by atoms with Gasteiger partial charge in [0.2, 0.25) is 0 Å². The van der Waals surface area contributed by atoms with Gasteiger partial charge < -0.3 is 0 Å². The van der Waals surface area contributed by atoms with Crippen molar-refractivity contribution in [1.82, 2.24) is 25.0 Å². The quantitative estimate of drug-likeness (QED) is 0.452. The highest BCUT2D eigenvalue weighted by molar-refractivity contribution is 6.30. The molecule has 30 heavy (non-hydrogen) atoms. The van der Waals surface area contributed by atoms with Gasteiger partial charge in [0.15, 0.2) is 11.2 Å². The summed E-state index contributed by atoms with van der Waals surface area (Å²) in [6, 6.07) is 19.7. The Bertz CT molecular complexity index is 1210. The van der Waals surface area contributed by atoms with Crippen molar-refractivity contribution >= 4 is 22.8 Å². The predicted molar refractivity (Wildman–Crippen MR) is 116 cm³/mol. The molecule has 0 fully saturated rings. The molecule has 0 aliphatic carbocycles. The number of hydrogen-bond acceptors (Lipinski definition) is 5. The average molecular weight is 417 g/mol. The van der Waals surface area contributed by atoms with Crippen LogP contribution in [-0.4, -0.2) is 25.0 Å². The van der Waals surface area contributed by atoms with Crippen LogP contribution in [0.5, 0.6) is 0 Å². The van der Waals surface area contributed by atoms with Gasteiger partial charge in [0.25, 0.3) is 0 Å². The Morgan fingerprint density at radius 3 is 2.57 bits per heavy atom. The van der Waals surface area contributed by atoms with Crippen molar-refractivity contribution in [3.8, 4) is 6.07 Å². The fourth-order valence-electron chi connectivity index (χ4n) is 3.42. The first-order chi connectivity index (χ1) is 14.5. The first-order valence-electron chi connectivity index (χ1n) is 9.84. The third-order valence-corrected chi connectivity index (χ3v) is 5.02. The van der Waals surface area contributed by atoms with Gasteiger partial charge >= 0.3 is 0 Å². The Hall–Kier alpha value is -3.30. The normalized spacial score (nSPS) is 12.2. The lowest BCUT2D eigenvalue weighted by Crippen LogP contribution is -2.10. The molecule has 0 unspecified atom stereocenters. The van der Waals surface area contributed by atoms with Crippen LogP contribution in [0.3, 0.4) is 0 Å². The van der Waals surface area contributed by atoms with Crippen molar-refractivity contribution < 1.29 is 0 Å². The van der Waals surface area contributed by atoms with E-state index in [0.717, 1.165) is 11.1 Å². The lowest BCUT2D eigenvalue weighted by molar-refractivity contribution is 0.615. The molecule has 4 aromatic rings. The highest BCUT2D eigenvalue weighted by Crippen LogP contribution is 2.29. The molecule has 0 radical (unpaired) electrons. The van der Waals surface area contributed by atoms with E-state index in [1.807, 2.05) is 42.5 Å². The smallest absolute Gasteiger partial charge is 0.182 e. The zero-order chi connectivity index (χ0) is 21.1. The maximum Gasteiger partial charge on any atom is 0.182 e. The van der Waals surface area contributed by atoms with Crippen LogP contribution < -0.4 is 0 Å². The zero-order valence-corrected chi connectivity index (χ0v) is 17.6. The van der Waals surface area contributed by atoms with E-state index in [-0.39, 0.29) is 0 Å². The molecule has 7 heteroatoms. The van der Waals surface area contributed by atoms with Crippen molar-refractivity contribution in [2.45, 2.75) is 32.7 Å². The Labute approximate surface area is 180 Å². The Morgan fingerprint density at radius 1 is 1.07 bits per heavy atom. The summed E-state index contributed by atoms with van der Waals surface area (Å²) >= 11 is 6.17. The van der Waals surface area contributed by atoms with E-state index in [2.05, 4.69) is 30.2 Å². The molecule has 1 atom stereocenters. The van der Waals surface area contributed by atoms with E-state index in [1.54, 1.807) is 16.8 Å². The third-order valence-electron chi connectivity index (χ3n) is 4.79. The number of hydrogen-bond donors (Lipinski definition) is 0. The Balaban J connectivity index is 1.86. The van der Waals surface area contributed by atoms with Crippen LogP contribution in [0.25, 0.3) is 11.2 Å². The summed E-state index contributed by atoms with van der Waals surface area (Å²) in [5.41, 5.74) is 3.63. The molecule has 0 saturated heterocycles. The highest BCUT2D eigenvalue weighted by Gasteiger charge is 2.24. The van der Waals surface area contributed by atoms with Crippen molar-refractivity contribution in [2.75, 3.05) is 0 Å². The first-order valence-corrected chi connectivity index (χ1v) is 10.2. The predicted octanol–water partition coefficient (Wildman–Crippen LogP) is 4.78. The largest absolute Gasteiger partial charge is 0.234 e. The van der Waals surface area contributed by atoms with E-state index >= 15 is 0 Å². The van der Waals surface area contributed by atoms with Crippen LogP contribution in [0, 0.1) is 17.2 Å². The molecule has 6 nitrogen and oxygen atoms in total. The van der Waals surface area contributed by atoms with Gasteiger partial charge in [-0.15, -0.1) is 5.10 Å². The van der Waals surface area contributed by atoms with Gasteiger partial charge in [0.1, 0.15) is 11.7 Å². The highest BCUT2D eigenvalue weighted by atomic mass is 35.5. The Kier molecular flexibility index (Phi) is 5.73. The van der Waals surface area contributed by atoms with Crippen LogP contribution in [0.15, 0.2) is 54.6 Å². The van der Waals surface area contributed by atoms with Crippen LogP contribution in [0.1, 0.15) is 42.4 Å². The standard InChI is InChI=1S/C23H21ClN6/c1-15(2)11-20-26-21(19(13-25)17-9-6-10-18(24)12-17)22-23(27-20)30(29-28-22)14-16-7-4-3-5-8-16/h3-10,12,15,19H,11,14H2,1-2H3/t19-/m1/s1. The number of nitrogens with zero attached hydrogens (tertiary/aromatic N) is 6. The first kappa shape index (κ1) is 20.0. The molecule has 0 spiro atoms. The SMILES string of the molecule is CC(C)Cc1nc([C@H](C#N)c2cccc(Cl)c2)c2nnn(Cc3ccccc3)c2n1. The van der Waals surface area contributed by atoms with Crippen LogP contribution in [-0.2, 0) is 13.0 Å². The molecular formula is C23H21ClN6. The summed E-state index contributed by atoms with van der Waals surface area (Å²) in [4.78, 5) is 9.50. The number of benzene rings is 2. The van der Waals surface area contributed by atoms with Gasteiger partial charge in [0, 0.05) is 11.4 Å². The molecule has 150 valence electrons. The molecule has 0 amide bonds. The molecule has 0 aliphatic heterocycles. The fourth-order valence-corrected chi connectivity index (χ4v) is 3.62. The lowest BCUT2D eigenvalue weighted by atomic mass is 9.96. The van der Waals surface area contributed by atoms with Crippen molar-refractivity contribution in [3.05, 3.63) is 82.3 Å². The summed E-state index contributed by atoms with van der Waals surface area (Å²) in [6.45, 7) is 4.78. The molecule has 0 saturated carbocycles. The van der Waals surface area contributed by atoms with E-state index < -0.39 is 5.92 Å². The van der Waals surface area contributed by atoms with Gasteiger partial charge in [-0.3, -0.25) is 0 Å². The van der Waals surface area contributed by atoms with Crippen LogP contribution in [0.2, 0.25) is 5.02 Å². The summed E-state index contributed by atoms with van der Waals surface area (Å²) in [6.07, 6.45) is 0.702. The number of rotatable bonds is 6. The maximum absolute atomic E-state index is 9.99. The zero-order valence-electron chi connectivity index (χ0n) is 16.8. The molecule has 2 heterocycles. The van der Waals surface area contributed by atoms with E-state index in [9.17, 15) is 5.26 Å². The number of fused-ring (bicyclic) bond motifs is 1. The summed E-state index contributed by atoms with van der Waals surface area (Å²) in [5, 5.41) is 19.3. The second kappa shape index (κ2) is 8.60. The molecule has 0 N–H and O–H groups in total. The second-order valence-corrected chi connectivity index (χ2v) is 8.08. The second-order valence-electron chi connectivity index (χ2n) is 7.65. The minimum atomic E-state index is -0.609. The average Bonchev–Trinajstić information content (AvgIpc) is 3.12. The lowest BCUT2D eigenvalue weighted by Gasteiger charge is -2.12. The number of aromatic nitrogens is 5. The van der Waals surface area contributed by atoms with Crippen molar-refractivity contribution in [1.29, 1.82) is 5.26 Å². The molecule has 0 aliphatic rings. The Morgan fingerprint density at radius 2 is 1.87 bits per heavy atom. The summed E-state index contributed by atoms with van der Waals surface area (Å²) in [7, 11) is 0. The summed E-state index contributed by atoms with van der Waals surface area (Å²) in [5.74, 6) is 0.453. The number of halogens is 1. The van der Waals surface area contributed by atoms with Crippen molar-refractivity contribution in [2.24, 2.45) is 5.92 Å². The fraction of sp³-hybridized carbons (Fsp3) is 0.261. The van der Waals surface area contributed by atoms with E-state index in [1.165, 1.54) is 0 Å². The van der Waals surface area contributed by atoms with Crippen LogP contribution >= 0.6 is 11.6 Å². The third kappa shape index (κ3) is 4.17. The van der Waals surface area contributed by atoms with Gasteiger partial charge in [-0.25, -0.2) is 14.6 Å². The monoisotopic (exact) mass is 416 g/mol. The summed E-state index contributed by atoms with van der Waals surface area (Å²) < 4.78 is 1.77. The molecule has 4 rings (SSSR count). The molecule has 0 bridgehead atoms. The van der Waals surface area contributed by atoms with Gasteiger partial charge in [-0.1, -0.05) is 73.1 Å². The van der Waals surface area contributed by atoms with E-state index in [4.69, 9.17) is 21.6 Å². The van der Waals surface area contributed by atoms with Crippen molar-refractivity contribution in [3.63, 3.8) is 0 Å². The van der Waals surface area contributed by atoms with Gasteiger partial charge in [0.05, 0.1) is 18.3 Å². The molecular weight excluding hydrogens is 396 g/mol. The minimum Gasteiger partial charge on any atom is -0.234 e. The minimum absolute atomic E-state index is 0.375. The maximum atomic E-state index is 9.99.